The van der Waals surface area contributed by atoms with Gasteiger partial charge in [-0.2, -0.15) is 0 Å². The van der Waals surface area contributed by atoms with E-state index >= 15 is 0 Å². The summed E-state index contributed by atoms with van der Waals surface area (Å²) in [5.74, 6) is -3.13. The maximum atomic E-state index is 13.3. The molecule has 0 spiro atoms. The second-order valence-electron chi connectivity index (χ2n) is 4.17. The first-order valence-electron chi connectivity index (χ1n) is 4.99. The average Bonchev–Trinajstić information content (AvgIpc) is 2.18. The summed E-state index contributed by atoms with van der Waals surface area (Å²) in [4.78, 5) is 10.8. The molecule has 86 valence electrons. The summed E-state index contributed by atoms with van der Waals surface area (Å²) in [6, 6.07) is 2.36. The number of aromatic carboxylic acids is 1. The number of carboxylic acids is 1. The minimum Gasteiger partial charge on any atom is -0.504 e. The van der Waals surface area contributed by atoms with Gasteiger partial charge in [-0.1, -0.05) is 0 Å². The van der Waals surface area contributed by atoms with Crippen LogP contribution in [0.3, 0.4) is 0 Å². The largest absolute Gasteiger partial charge is 0.504 e. The molecule has 16 heavy (non-hydrogen) atoms. The molecule has 0 aliphatic heterocycles. The van der Waals surface area contributed by atoms with E-state index in [1.807, 2.05) is 0 Å². The van der Waals surface area contributed by atoms with Crippen LogP contribution < -0.4 is 5.73 Å². The number of aromatic hydroxyl groups is 1. The van der Waals surface area contributed by atoms with Gasteiger partial charge in [0.1, 0.15) is 5.56 Å². The van der Waals surface area contributed by atoms with Crippen molar-refractivity contribution in [3.63, 3.8) is 0 Å². The number of nitrogens with two attached hydrogens (primary N) is 1. The molecular formula is C11H12FNO3. The molecule has 0 radical (unpaired) electrons. The highest BCUT2D eigenvalue weighted by molar-refractivity contribution is 5.91. The summed E-state index contributed by atoms with van der Waals surface area (Å²) in [6.07, 6.45) is 2.36. The zero-order valence-electron chi connectivity index (χ0n) is 8.53. The summed E-state index contributed by atoms with van der Waals surface area (Å²) in [7, 11) is 0. The number of phenols is 1. The molecule has 1 aromatic rings. The van der Waals surface area contributed by atoms with Gasteiger partial charge in [-0.3, -0.25) is 0 Å². The Morgan fingerprint density at radius 3 is 2.50 bits per heavy atom. The molecule has 0 saturated heterocycles. The Kier molecular flexibility index (Phi) is 2.35. The van der Waals surface area contributed by atoms with E-state index in [4.69, 9.17) is 10.8 Å². The monoisotopic (exact) mass is 225 g/mol. The fraction of sp³-hybridized carbons (Fsp3) is 0.364. The van der Waals surface area contributed by atoms with Gasteiger partial charge in [0.05, 0.1) is 0 Å². The first-order valence-corrected chi connectivity index (χ1v) is 4.99. The molecule has 5 heteroatoms. The van der Waals surface area contributed by atoms with Gasteiger partial charge in [-0.05, 0) is 37.0 Å². The Labute approximate surface area is 91.5 Å². The minimum absolute atomic E-state index is 0.437. The van der Waals surface area contributed by atoms with Crippen molar-refractivity contribution in [1.82, 2.24) is 0 Å². The van der Waals surface area contributed by atoms with Crippen molar-refractivity contribution in [2.24, 2.45) is 5.73 Å². The predicted octanol–water partition coefficient (Wildman–Crippen LogP) is 1.57. The molecule has 0 heterocycles. The molecular weight excluding hydrogens is 213 g/mol. The Bertz CT molecular complexity index is 455. The van der Waals surface area contributed by atoms with Crippen LogP contribution in [-0.2, 0) is 5.54 Å². The Morgan fingerprint density at radius 1 is 1.44 bits per heavy atom. The van der Waals surface area contributed by atoms with E-state index in [-0.39, 0.29) is 0 Å². The molecule has 4 nitrogen and oxygen atoms in total. The van der Waals surface area contributed by atoms with Crippen LogP contribution in [0.5, 0.6) is 5.75 Å². The fourth-order valence-electron chi connectivity index (χ4n) is 1.90. The smallest absolute Gasteiger partial charge is 0.339 e. The maximum Gasteiger partial charge on any atom is 0.339 e. The molecule has 0 aromatic heterocycles. The van der Waals surface area contributed by atoms with Crippen LogP contribution in [-0.4, -0.2) is 16.2 Å². The van der Waals surface area contributed by atoms with Crippen molar-refractivity contribution >= 4 is 5.97 Å². The normalized spacial score (nSPS) is 17.9. The van der Waals surface area contributed by atoms with Gasteiger partial charge in [-0.15, -0.1) is 0 Å². The number of benzene rings is 1. The molecule has 1 fully saturated rings. The first-order chi connectivity index (χ1) is 7.44. The fourth-order valence-corrected chi connectivity index (χ4v) is 1.90. The Morgan fingerprint density at radius 2 is 2.06 bits per heavy atom. The zero-order valence-corrected chi connectivity index (χ0v) is 8.53. The number of halogens is 1. The Balaban J connectivity index is 2.52. The Hall–Kier alpha value is -1.62. The molecule has 0 atom stereocenters. The van der Waals surface area contributed by atoms with Crippen LogP contribution in [0.1, 0.15) is 35.2 Å². The summed E-state index contributed by atoms with van der Waals surface area (Å²) in [6.45, 7) is 0. The van der Waals surface area contributed by atoms with Crippen molar-refractivity contribution in [2.45, 2.75) is 24.8 Å². The molecule has 0 bridgehead atoms. The third-order valence-corrected chi connectivity index (χ3v) is 3.11. The van der Waals surface area contributed by atoms with E-state index in [1.54, 1.807) is 0 Å². The first kappa shape index (κ1) is 10.9. The lowest BCUT2D eigenvalue weighted by Gasteiger charge is -2.38. The van der Waals surface area contributed by atoms with Gasteiger partial charge in [0, 0.05) is 5.54 Å². The topological polar surface area (TPSA) is 83.5 Å². The van der Waals surface area contributed by atoms with Crippen molar-refractivity contribution in [3.05, 3.63) is 29.1 Å². The molecule has 1 aromatic carbocycles. The minimum atomic E-state index is -1.36. The van der Waals surface area contributed by atoms with Gasteiger partial charge in [-0.25, -0.2) is 9.18 Å². The lowest BCUT2D eigenvalue weighted by atomic mass is 9.72. The zero-order chi connectivity index (χ0) is 11.9. The lowest BCUT2D eigenvalue weighted by Crippen LogP contribution is -2.43. The molecule has 0 unspecified atom stereocenters. The molecule has 2 rings (SSSR count). The summed E-state index contributed by atoms with van der Waals surface area (Å²) in [5.41, 5.74) is 5.33. The molecule has 0 amide bonds. The van der Waals surface area contributed by atoms with E-state index in [1.165, 1.54) is 6.07 Å². The second kappa shape index (κ2) is 3.45. The van der Waals surface area contributed by atoms with E-state index in [2.05, 4.69) is 0 Å². The summed E-state index contributed by atoms with van der Waals surface area (Å²) >= 11 is 0. The quantitative estimate of drug-likeness (QED) is 0.713. The van der Waals surface area contributed by atoms with Crippen LogP contribution in [0.4, 0.5) is 4.39 Å². The van der Waals surface area contributed by atoms with E-state index in [0.29, 0.717) is 18.4 Å². The number of carboxylic acid groups (broad SMARTS) is 1. The molecule has 1 aliphatic rings. The van der Waals surface area contributed by atoms with Crippen molar-refractivity contribution in [3.8, 4) is 5.75 Å². The van der Waals surface area contributed by atoms with Gasteiger partial charge in [0.2, 0.25) is 0 Å². The molecule has 4 N–H and O–H groups in total. The maximum absolute atomic E-state index is 13.3. The number of carbonyl (C=O) groups is 1. The van der Waals surface area contributed by atoms with Gasteiger partial charge in [0.15, 0.2) is 11.6 Å². The summed E-state index contributed by atoms with van der Waals surface area (Å²) in [5, 5.41) is 18.1. The van der Waals surface area contributed by atoms with Gasteiger partial charge < -0.3 is 15.9 Å². The third kappa shape index (κ3) is 1.53. The van der Waals surface area contributed by atoms with Crippen LogP contribution in [0.15, 0.2) is 12.1 Å². The van der Waals surface area contributed by atoms with E-state index in [0.717, 1.165) is 12.5 Å². The highest BCUT2D eigenvalue weighted by Gasteiger charge is 2.35. The van der Waals surface area contributed by atoms with Gasteiger partial charge in [0.25, 0.3) is 0 Å². The third-order valence-electron chi connectivity index (χ3n) is 3.11. The molecule has 1 saturated carbocycles. The van der Waals surface area contributed by atoms with E-state index in [9.17, 15) is 14.3 Å². The standard InChI is InChI=1S/C11H12FNO3/c12-8-5-6(11(13)2-1-3-11)4-7(9(8)14)10(15)16/h4-5,14H,1-3,13H2,(H,15,16). The average molecular weight is 225 g/mol. The lowest BCUT2D eigenvalue weighted by molar-refractivity contribution is 0.0692. The number of hydrogen-bond donors (Lipinski definition) is 3. The van der Waals surface area contributed by atoms with Crippen LogP contribution >= 0.6 is 0 Å². The van der Waals surface area contributed by atoms with Crippen molar-refractivity contribution < 1.29 is 19.4 Å². The second-order valence-corrected chi connectivity index (χ2v) is 4.17. The molecule has 1 aliphatic carbocycles. The van der Waals surface area contributed by atoms with Crippen LogP contribution in [0.2, 0.25) is 0 Å². The van der Waals surface area contributed by atoms with Crippen molar-refractivity contribution in [2.75, 3.05) is 0 Å². The van der Waals surface area contributed by atoms with Crippen LogP contribution in [0.25, 0.3) is 0 Å². The number of rotatable bonds is 2. The van der Waals surface area contributed by atoms with E-state index < -0.39 is 28.6 Å². The SMILES string of the molecule is NC1(c2cc(F)c(O)c(C(=O)O)c2)CCC1. The highest BCUT2D eigenvalue weighted by atomic mass is 19.1. The van der Waals surface area contributed by atoms with Crippen LogP contribution in [0, 0.1) is 5.82 Å². The highest BCUT2D eigenvalue weighted by Crippen LogP contribution is 2.40. The van der Waals surface area contributed by atoms with Gasteiger partial charge >= 0.3 is 5.97 Å². The number of hydrogen-bond acceptors (Lipinski definition) is 3. The summed E-state index contributed by atoms with van der Waals surface area (Å²) < 4.78 is 13.3. The predicted molar refractivity (Wildman–Crippen MR) is 54.7 cm³/mol. The van der Waals surface area contributed by atoms with Crippen molar-refractivity contribution in [1.29, 1.82) is 0 Å².